The summed E-state index contributed by atoms with van der Waals surface area (Å²) >= 11 is 0. The Kier molecular flexibility index (Phi) is 5.51. The highest BCUT2D eigenvalue weighted by Gasteiger charge is 2.17. The zero-order valence-electron chi connectivity index (χ0n) is 12.1. The molecule has 21 heavy (non-hydrogen) atoms. The van der Waals surface area contributed by atoms with E-state index in [1.54, 1.807) is 18.3 Å². The van der Waals surface area contributed by atoms with Crippen LogP contribution in [-0.2, 0) is 14.3 Å². The van der Waals surface area contributed by atoms with Crippen molar-refractivity contribution in [2.75, 3.05) is 43.1 Å². The van der Waals surface area contributed by atoms with Crippen LogP contribution in [0.5, 0.6) is 0 Å². The van der Waals surface area contributed by atoms with Gasteiger partial charge in [0.25, 0.3) is 0 Å². The van der Waals surface area contributed by atoms with Crippen LogP contribution in [0.25, 0.3) is 0 Å². The van der Waals surface area contributed by atoms with Crippen LogP contribution in [0.15, 0.2) is 18.3 Å². The third kappa shape index (κ3) is 4.71. The van der Waals surface area contributed by atoms with E-state index in [9.17, 15) is 9.59 Å². The Labute approximate surface area is 123 Å². The van der Waals surface area contributed by atoms with Crippen molar-refractivity contribution >= 4 is 23.3 Å². The standard InChI is InChI=1S/C14H20N4O3/c1-2-21-8-5-13(19)17-11-3-4-12(16-9-11)18-7-6-15-14(20)10-18/h3-4,9H,2,5-8,10H2,1H3,(H,15,20)(H,17,19). The van der Waals surface area contributed by atoms with Gasteiger partial charge < -0.3 is 20.3 Å². The van der Waals surface area contributed by atoms with Crippen LogP contribution in [0.2, 0.25) is 0 Å². The molecule has 7 nitrogen and oxygen atoms in total. The first-order chi connectivity index (χ1) is 10.2. The van der Waals surface area contributed by atoms with Crippen molar-refractivity contribution in [3.8, 4) is 0 Å². The first kappa shape index (κ1) is 15.2. The number of rotatable bonds is 6. The highest BCUT2D eigenvalue weighted by Crippen LogP contribution is 2.15. The Hall–Kier alpha value is -2.15. The molecule has 2 heterocycles. The van der Waals surface area contributed by atoms with Gasteiger partial charge in [0.05, 0.1) is 31.5 Å². The zero-order chi connectivity index (χ0) is 15.1. The van der Waals surface area contributed by atoms with E-state index in [-0.39, 0.29) is 11.8 Å². The number of aromatic nitrogens is 1. The molecule has 2 amide bonds. The molecule has 2 rings (SSSR count). The second-order valence-corrected chi connectivity index (χ2v) is 4.67. The number of nitrogens with zero attached hydrogens (tertiary/aromatic N) is 2. The molecule has 2 N–H and O–H groups in total. The van der Waals surface area contributed by atoms with Gasteiger partial charge in [-0.3, -0.25) is 9.59 Å². The van der Waals surface area contributed by atoms with Gasteiger partial charge in [0.2, 0.25) is 11.8 Å². The molecule has 1 aromatic heterocycles. The fraction of sp³-hybridized carbons (Fsp3) is 0.500. The van der Waals surface area contributed by atoms with E-state index in [0.29, 0.717) is 38.4 Å². The van der Waals surface area contributed by atoms with Crippen molar-refractivity contribution in [2.24, 2.45) is 0 Å². The molecule has 1 aliphatic rings. The second kappa shape index (κ2) is 7.58. The number of piperazine rings is 1. The van der Waals surface area contributed by atoms with E-state index >= 15 is 0 Å². The summed E-state index contributed by atoms with van der Waals surface area (Å²) in [4.78, 5) is 29.2. The van der Waals surface area contributed by atoms with Gasteiger partial charge in [0.15, 0.2) is 0 Å². The second-order valence-electron chi connectivity index (χ2n) is 4.67. The molecule has 1 aliphatic heterocycles. The summed E-state index contributed by atoms with van der Waals surface area (Å²) in [6, 6.07) is 3.59. The van der Waals surface area contributed by atoms with Gasteiger partial charge in [-0.05, 0) is 19.1 Å². The first-order valence-electron chi connectivity index (χ1n) is 7.04. The summed E-state index contributed by atoms with van der Waals surface area (Å²) in [7, 11) is 0. The summed E-state index contributed by atoms with van der Waals surface area (Å²) in [6.07, 6.45) is 1.92. The SMILES string of the molecule is CCOCCC(=O)Nc1ccc(N2CCNC(=O)C2)nc1. The minimum absolute atomic E-state index is 0.00338. The largest absolute Gasteiger partial charge is 0.381 e. The van der Waals surface area contributed by atoms with Crippen molar-refractivity contribution in [1.29, 1.82) is 0 Å². The highest BCUT2D eigenvalue weighted by atomic mass is 16.5. The molecule has 0 atom stereocenters. The molecule has 0 aliphatic carbocycles. The molecular weight excluding hydrogens is 272 g/mol. The van der Waals surface area contributed by atoms with Gasteiger partial charge >= 0.3 is 0 Å². The minimum atomic E-state index is -0.102. The number of carbonyl (C=O) groups is 2. The molecule has 1 aromatic rings. The minimum Gasteiger partial charge on any atom is -0.381 e. The van der Waals surface area contributed by atoms with Gasteiger partial charge in [0.1, 0.15) is 5.82 Å². The Balaban J connectivity index is 1.86. The van der Waals surface area contributed by atoms with E-state index < -0.39 is 0 Å². The fourth-order valence-electron chi connectivity index (χ4n) is 2.01. The maximum Gasteiger partial charge on any atom is 0.239 e. The lowest BCUT2D eigenvalue weighted by Crippen LogP contribution is -2.48. The molecule has 0 aromatic carbocycles. The molecule has 0 spiro atoms. The van der Waals surface area contributed by atoms with Crippen molar-refractivity contribution in [1.82, 2.24) is 10.3 Å². The molecule has 0 unspecified atom stereocenters. The van der Waals surface area contributed by atoms with Crippen molar-refractivity contribution in [3.05, 3.63) is 18.3 Å². The molecule has 7 heteroatoms. The Morgan fingerprint density at radius 1 is 1.52 bits per heavy atom. The third-order valence-corrected chi connectivity index (χ3v) is 3.07. The lowest BCUT2D eigenvalue weighted by atomic mass is 10.3. The van der Waals surface area contributed by atoms with Gasteiger partial charge in [-0.25, -0.2) is 4.98 Å². The van der Waals surface area contributed by atoms with Crippen LogP contribution in [0, 0.1) is 0 Å². The van der Waals surface area contributed by atoms with E-state index in [2.05, 4.69) is 15.6 Å². The molecule has 0 bridgehead atoms. The molecule has 0 radical (unpaired) electrons. The molecule has 114 valence electrons. The number of anilines is 2. The fourth-order valence-corrected chi connectivity index (χ4v) is 2.01. The maximum absolute atomic E-state index is 11.6. The van der Waals surface area contributed by atoms with Crippen molar-refractivity contribution in [2.45, 2.75) is 13.3 Å². The van der Waals surface area contributed by atoms with E-state index in [1.807, 2.05) is 11.8 Å². The van der Waals surface area contributed by atoms with Gasteiger partial charge in [-0.15, -0.1) is 0 Å². The van der Waals surface area contributed by atoms with Crippen LogP contribution in [-0.4, -0.2) is 49.6 Å². The summed E-state index contributed by atoms with van der Waals surface area (Å²) < 4.78 is 5.13. The predicted octanol–water partition coefficient (Wildman–Crippen LogP) is 0.383. The van der Waals surface area contributed by atoms with Crippen molar-refractivity contribution < 1.29 is 14.3 Å². The molecule has 0 saturated carbocycles. The van der Waals surface area contributed by atoms with Crippen LogP contribution in [0.3, 0.4) is 0 Å². The third-order valence-electron chi connectivity index (χ3n) is 3.07. The van der Waals surface area contributed by atoms with Crippen LogP contribution in [0.1, 0.15) is 13.3 Å². The van der Waals surface area contributed by atoms with Gasteiger partial charge in [-0.2, -0.15) is 0 Å². The number of amides is 2. The quantitative estimate of drug-likeness (QED) is 0.741. The molecule has 1 saturated heterocycles. The smallest absolute Gasteiger partial charge is 0.239 e. The predicted molar refractivity (Wildman–Crippen MR) is 79.2 cm³/mol. The summed E-state index contributed by atoms with van der Waals surface area (Å²) in [5.41, 5.74) is 0.640. The zero-order valence-corrected chi connectivity index (χ0v) is 12.1. The summed E-state index contributed by atoms with van der Waals surface area (Å²) in [5.74, 6) is 0.629. The topological polar surface area (TPSA) is 83.6 Å². The number of nitrogens with one attached hydrogen (secondary N) is 2. The van der Waals surface area contributed by atoms with E-state index in [0.717, 1.165) is 12.4 Å². The van der Waals surface area contributed by atoms with Gasteiger partial charge in [-0.1, -0.05) is 0 Å². The first-order valence-corrected chi connectivity index (χ1v) is 7.04. The number of hydrogen-bond acceptors (Lipinski definition) is 5. The monoisotopic (exact) mass is 292 g/mol. The van der Waals surface area contributed by atoms with Crippen LogP contribution < -0.4 is 15.5 Å². The molecular formula is C14H20N4O3. The Morgan fingerprint density at radius 3 is 3.05 bits per heavy atom. The summed E-state index contributed by atoms with van der Waals surface area (Å²) in [6.45, 7) is 4.58. The lowest BCUT2D eigenvalue weighted by molar-refractivity contribution is -0.120. The maximum atomic E-state index is 11.6. The average molecular weight is 292 g/mol. The normalized spacial score (nSPS) is 14.7. The Morgan fingerprint density at radius 2 is 2.38 bits per heavy atom. The molecule has 1 fully saturated rings. The van der Waals surface area contributed by atoms with Crippen molar-refractivity contribution in [3.63, 3.8) is 0 Å². The Bertz CT molecular complexity index is 489. The number of hydrogen-bond donors (Lipinski definition) is 2. The number of ether oxygens (including phenoxy) is 1. The van der Waals surface area contributed by atoms with E-state index in [4.69, 9.17) is 4.74 Å². The van der Waals surface area contributed by atoms with E-state index in [1.165, 1.54) is 0 Å². The van der Waals surface area contributed by atoms with Crippen LogP contribution in [0.4, 0.5) is 11.5 Å². The highest BCUT2D eigenvalue weighted by molar-refractivity contribution is 5.90. The van der Waals surface area contributed by atoms with Crippen LogP contribution >= 0.6 is 0 Å². The van der Waals surface area contributed by atoms with Gasteiger partial charge in [0, 0.05) is 19.7 Å². The summed E-state index contributed by atoms with van der Waals surface area (Å²) in [5, 5.41) is 5.53. The lowest BCUT2D eigenvalue weighted by Gasteiger charge is -2.27. The average Bonchev–Trinajstić information content (AvgIpc) is 2.48. The number of pyridine rings is 1. The number of carbonyl (C=O) groups excluding carboxylic acids is 2.